The quantitative estimate of drug-likeness (QED) is 0.654. The lowest BCUT2D eigenvalue weighted by atomic mass is 10.6. The van der Waals surface area contributed by atoms with Crippen LogP contribution in [-0.2, 0) is 24.7 Å². The summed E-state index contributed by atoms with van der Waals surface area (Å²) in [5.41, 5.74) is 0. The first-order valence-corrected chi connectivity index (χ1v) is 8.18. The average Bonchev–Trinajstić information content (AvgIpc) is 2.76. The van der Waals surface area contributed by atoms with Crippen LogP contribution in [0.3, 0.4) is 0 Å². The third kappa shape index (κ3) is 4.06. The van der Waals surface area contributed by atoms with Gasteiger partial charge in [0, 0.05) is 12.3 Å². The number of sulfone groups is 1. The Morgan fingerprint density at radius 2 is 1.81 bits per heavy atom. The minimum absolute atomic E-state index is 0.358. The Labute approximate surface area is 94.0 Å². The van der Waals surface area contributed by atoms with Crippen LogP contribution in [0.4, 0.5) is 0 Å². The summed E-state index contributed by atoms with van der Waals surface area (Å²) in [6, 6.07) is -0.358. The summed E-state index contributed by atoms with van der Waals surface area (Å²) in [6.07, 6.45) is 1.96. The zero-order chi connectivity index (χ0) is 12.6. The Kier molecular flexibility index (Phi) is 3.60. The fourth-order valence-electron chi connectivity index (χ4n) is 1.29. The second-order valence-corrected chi connectivity index (χ2v) is 8.25. The molecule has 1 rings (SSSR count). The topological polar surface area (TPSA) is 109 Å². The van der Waals surface area contributed by atoms with Gasteiger partial charge in [-0.2, -0.15) is 4.31 Å². The molecular formula is C7H13NO6S2. The molecule has 0 unspecified atom stereocenters. The van der Waals surface area contributed by atoms with Crippen molar-refractivity contribution in [1.82, 2.24) is 4.31 Å². The van der Waals surface area contributed by atoms with Gasteiger partial charge >= 0.3 is 5.97 Å². The van der Waals surface area contributed by atoms with Gasteiger partial charge in [0.2, 0.25) is 10.0 Å². The van der Waals surface area contributed by atoms with Gasteiger partial charge in [0.05, 0.1) is 0 Å². The van der Waals surface area contributed by atoms with Crippen molar-refractivity contribution in [3.63, 3.8) is 0 Å². The van der Waals surface area contributed by atoms with E-state index >= 15 is 0 Å². The number of sulfonamides is 1. The molecule has 0 amide bonds. The van der Waals surface area contributed by atoms with Crippen LogP contribution in [0.2, 0.25) is 0 Å². The molecule has 0 aliphatic heterocycles. The van der Waals surface area contributed by atoms with E-state index in [0.717, 1.165) is 10.6 Å². The molecule has 0 bridgehead atoms. The van der Waals surface area contributed by atoms with Crippen molar-refractivity contribution >= 4 is 25.8 Å². The van der Waals surface area contributed by atoms with Crippen molar-refractivity contribution < 1.29 is 26.7 Å². The summed E-state index contributed by atoms with van der Waals surface area (Å²) >= 11 is 0. The first kappa shape index (κ1) is 13.4. The molecule has 0 spiro atoms. The maximum atomic E-state index is 11.6. The molecule has 7 nitrogen and oxygen atoms in total. The number of aliphatic carboxylic acids is 1. The van der Waals surface area contributed by atoms with Crippen molar-refractivity contribution in [3.8, 4) is 0 Å². The van der Waals surface area contributed by atoms with Crippen LogP contribution in [0.25, 0.3) is 0 Å². The molecule has 0 radical (unpaired) electrons. The lowest BCUT2D eigenvalue weighted by molar-refractivity contribution is -0.137. The highest BCUT2D eigenvalue weighted by Crippen LogP contribution is 2.29. The predicted molar refractivity (Wildman–Crippen MR) is 56.0 cm³/mol. The van der Waals surface area contributed by atoms with E-state index in [4.69, 9.17) is 5.11 Å². The number of hydrogen-bond acceptors (Lipinski definition) is 5. The molecule has 94 valence electrons. The smallest absolute Gasteiger partial charge is 0.318 e. The van der Waals surface area contributed by atoms with Crippen molar-refractivity contribution in [1.29, 1.82) is 0 Å². The molecule has 9 heteroatoms. The van der Waals surface area contributed by atoms with Gasteiger partial charge in [-0.25, -0.2) is 16.8 Å². The van der Waals surface area contributed by atoms with E-state index in [-0.39, 0.29) is 6.04 Å². The number of hydrogen-bond donors (Lipinski definition) is 1. The minimum Gasteiger partial charge on any atom is -0.480 e. The number of carboxylic acids is 1. The monoisotopic (exact) mass is 271 g/mol. The number of rotatable bonds is 6. The van der Waals surface area contributed by atoms with Gasteiger partial charge in [-0.3, -0.25) is 4.79 Å². The normalized spacial score (nSPS) is 17.6. The second-order valence-electron chi connectivity index (χ2n) is 3.83. The van der Waals surface area contributed by atoms with Gasteiger partial charge in [-0.05, 0) is 12.8 Å². The molecule has 1 saturated carbocycles. The standard InChI is InChI=1S/C7H13NO6S2/c1-15(11,12)5-16(13,14)8(4-7(9)10)6-2-3-6/h6H,2-5H2,1H3,(H,9,10). The molecule has 16 heavy (non-hydrogen) atoms. The van der Waals surface area contributed by atoms with Crippen LogP contribution in [0.5, 0.6) is 0 Å². The molecule has 0 aromatic rings. The van der Waals surface area contributed by atoms with Gasteiger partial charge in [0.25, 0.3) is 0 Å². The van der Waals surface area contributed by atoms with E-state index in [2.05, 4.69) is 0 Å². The average molecular weight is 271 g/mol. The highest BCUT2D eigenvalue weighted by molar-refractivity contribution is 8.06. The summed E-state index contributed by atoms with van der Waals surface area (Å²) < 4.78 is 45.9. The van der Waals surface area contributed by atoms with Crippen molar-refractivity contribution in [2.24, 2.45) is 0 Å². The molecule has 1 N–H and O–H groups in total. The van der Waals surface area contributed by atoms with Gasteiger partial charge in [0.15, 0.2) is 14.9 Å². The van der Waals surface area contributed by atoms with E-state index in [1.54, 1.807) is 0 Å². The zero-order valence-corrected chi connectivity index (χ0v) is 10.3. The molecular weight excluding hydrogens is 258 g/mol. The lowest BCUT2D eigenvalue weighted by Crippen LogP contribution is -2.40. The van der Waals surface area contributed by atoms with Crippen molar-refractivity contribution in [2.45, 2.75) is 18.9 Å². The second kappa shape index (κ2) is 4.30. The van der Waals surface area contributed by atoms with E-state index in [1.807, 2.05) is 0 Å². The lowest BCUT2D eigenvalue weighted by Gasteiger charge is -2.18. The predicted octanol–water partition coefficient (Wildman–Crippen LogP) is -1.13. The summed E-state index contributed by atoms with van der Waals surface area (Å²) in [5, 5.41) is 7.53. The molecule has 1 fully saturated rings. The minimum atomic E-state index is -4.05. The van der Waals surface area contributed by atoms with Gasteiger partial charge in [-0.15, -0.1) is 0 Å². The molecule has 1 aliphatic carbocycles. The third-order valence-electron chi connectivity index (χ3n) is 1.97. The molecule has 1 aliphatic rings. The van der Waals surface area contributed by atoms with E-state index in [1.165, 1.54) is 0 Å². The van der Waals surface area contributed by atoms with Crippen LogP contribution in [0.1, 0.15) is 12.8 Å². The van der Waals surface area contributed by atoms with E-state index in [9.17, 15) is 21.6 Å². The molecule has 0 heterocycles. The number of carbonyl (C=O) groups is 1. The highest BCUT2D eigenvalue weighted by Gasteiger charge is 2.39. The number of carboxylic acid groups (broad SMARTS) is 1. The fourth-order valence-corrected chi connectivity index (χ4v) is 4.97. The highest BCUT2D eigenvalue weighted by atomic mass is 32.3. The molecule has 0 aromatic heterocycles. The fraction of sp³-hybridized carbons (Fsp3) is 0.857. The Morgan fingerprint density at radius 1 is 1.31 bits per heavy atom. The van der Waals surface area contributed by atoms with Crippen LogP contribution in [0.15, 0.2) is 0 Å². The molecule has 0 aromatic carbocycles. The Bertz CT molecular complexity index is 475. The van der Waals surface area contributed by atoms with Crippen molar-refractivity contribution in [2.75, 3.05) is 17.9 Å². The van der Waals surface area contributed by atoms with Crippen LogP contribution >= 0.6 is 0 Å². The Hall–Kier alpha value is -0.670. The van der Waals surface area contributed by atoms with Gasteiger partial charge in [0.1, 0.15) is 6.54 Å². The molecule has 0 atom stereocenters. The Morgan fingerprint density at radius 3 is 2.12 bits per heavy atom. The summed E-state index contributed by atoms with van der Waals surface area (Å²) in [5.74, 6) is -1.29. The number of nitrogens with zero attached hydrogens (tertiary/aromatic N) is 1. The largest absolute Gasteiger partial charge is 0.480 e. The molecule has 0 saturated heterocycles. The van der Waals surface area contributed by atoms with Crippen molar-refractivity contribution in [3.05, 3.63) is 0 Å². The van der Waals surface area contributed by atoms with Crippen LogP contribution in [-0.4, -0.2) is 56.1 Å². The van der Waals surface area contributed by atoms with E-state index < -0.39 is 37.5 Å². The van der Waals surface area contributed by atoms with Crippen LogP contribution < -0.4 is 0 Å². The third-order valence-corrected chi connectivity index (χ3v) is 6.01. The summed E-state index contributed by atoms with van der Waals surface area (Å²) in [6.45, 7) is -0.678. The maximum Gasteiger partial charge on any atom is 0.318 e. The zero-order valence-electron chi connectivity index (χ0n) is 8.66. The van der Waals surface area contributed by atoms with E-state index in [0.29, 0.717) is 12.8 Å². The van der Waals surface area contributed by atoms with Gasteiger partial charge < -0.3 is 5.11 Å². The first-order valence-electron chi connectivity index (χ1n) is 4.51. The van der Waals surface area contributed by atoms with Crippen LogP contribution in [0, 0.1) is 0 Å². The van der Waals surface area contributed by atoms with Gasteiger partial charge in [-0.1, -0.05) is 0 Å². The summed E-state index contributed by atoms with van der Waals surface area (Å²) in [7, 11) is -7.74. The maximum absolute atomic E-state index is 11.6. The SMILES string of the molecule is CS(=O)(=O)CS(=O)(=O)N(CC(=O)O)C1CC1. The Balaban J connectivity index is 2.89. The summed E-state index contributed by atoms with van der Waals surface area (Å²) in [4.78, 5) is 10.5. The first-order chi connectivity index (χ1) is 7.12.